The van der Waals surface area contributed by atoms with E-state index in [0.29, 0.717) is 28.7 Å². The van der Waals surface area contributed by atoms with Crippen LogP contribution in [0.1, 0.15) is 16.1 Å². The normalized spacial score (nSPS) is 16.7. The molecule has 3 aromatic rings. The summed E-state index contributed by atoms with van der Waals surface area (Å²) >= 11 is 1.27. The average Bonchev–Trinajstić information content (AvgIpc) is 3.38. The highest BCUT2D eigenvalue weighted by atomic mass is 32.1. The standard InChI is InChI=1S/C19H18FN3O2S/c20-15-4-2-1-3-14(15)16-5-6-17(26-16)19(24)22-18-7-9-21-23(18)11-13-8-10-25-12-13/h1-7,9,13H,8,10-12H2,(H,22,24)/t13-/m1/s1. The lowest BCUT2D eigenvalue weighted by molar-refractivity contribution is 0.102. The van der Waals surface area contributed by atoms with Gasteiger partial charge in [0.25, 0.3) is 5.91 Å². The van der Waals surface area contributed by atoms with Crippen molar-refractivity contribution >= 4 is 23.1 Å². The molecule has 1 aliphatic heterocycles. The molecule has 1 amide bonds. The molecular weight excluding hydrogens is 353 g/mol. The highest BCUT2D eigenvalue weighted by Crippen LogP contribution is 2.30. The maximum Gasteiger partial charge on any atom is 0.266 e. The number of ether oxygens (including phenoxy) is 1. The molecule has 7 heteroatoms. The van der Waals surface area contributed by atoms with Crippen molar-refractivity contribution < 1.29 is 13.9 Å². The third-order valence-corrected chi connectivity index (χ3v) is 5.50. The molecule has 134 valence electrons. The Labute approximate surface area is 154 Å². The number of nitrogens with one attached hydrogen (secondary N) is 1. The number of anilines is 1. The summed E-state index contributed by atoms with van der Waals surface area (Å²) < 4.78 is 21.1. The van der Waals surface area contributed by atoms with Crippen LogP contribution in [0, 0.1) is 11.7 Å². The van der Waals surface area contributed by atoms with Gasteiger partial charge in [-0.1, -0.05) is 18.2 Å². The quantitative estimate of drug-likeness (QED) is 0.736. The fraction of sp³-hybridized carbons (Fsp3) is 0.263. The van der Waals surface area contributed by atoms with Crippen molar-refractivity contribution in [2.24, 2.45) is 5.92 Å². The van der Waals surface area contributed by atoms with E-state index < -0.39 is 0 Å². The van der Waals surface area contributed by atoms with Crippen molar-refractivity contribution in [2.75, 3.05) is 18.5 Å². The molecular formula is C19H18FN3O2S. The van der Waals surface area contributed by atoms with Gasteiger partial charge in [-0.05, 0) is 24.6 Å². The zero-order chi connectivity index (χ0) is 17.9. The zero-order valence-electron chi connectivity index (χ0n) is 14.0. The summed E-state index contributed by atoms with van der Waals surface area (Å²) in [7, 11) is 0. The number of thiophene rings is 1. The van der Waals surface area contributed by atoms with Gasteiger partial charge in [0, 0.05) is 35.6 Å². The lowest BCUT2D eigenvalue weighted by Gasteiger charge is -2.11. The number of benzene rings is 1. The van der Waals surface area contributed by atoms with Gasteiger partial charge in [-0.3, -0.25) is 4.79 Å². The van der Waals surface area contributed by atoms with Gasteiger partial charge in [0.15, 0.2) is 0 Å². The van der Waals surface area contributed by atoms with E-state index in [1.807, 2.05) is 0 Å². The van der Waals surface area contributed by atoms with Gasteiger partial charge < -0.3 is 10.1 Å². The Hall–Kier alpha value is -2.51. The van der Waals surface area contributed by atoms with Gasteiger partial charge in [-0.15, -0.1) is 11.3 Å². The Kier molecular flexibility index (Phi) is 4.81. The van der Waals surface area contributed by atoms with Crippen LogP contribution in [-0.2, 0) is 11.3 Å². The first-order chi connectivity index (χ1) is 12.7. The number of amides is 1. The molecule has 1 aliphatic rings. The number of hydrogen-bond acceptors (Lipinski definition) is 4. The van der Waals surface area contributed by atoms with Crippen molar-refractivity contribution in [1.29, 1.82) is 0 Å². The molecule has 1 atom stereocenters. The zero-order valence-corrected chi connectivity index (χ0v) is 14.8. The fourth-order valence-electron chi connectivity index (χ4n) is 3.00. The summed E-state index contributed by atoms with van der Waals surface area (Å²) in [6.45, 7) is 2.22. The molecule has 1 fully saturated rings. The predicted octanol–water partition coefficient (Wildman–Crippen LogP) is 4.04. The highest BCUT2D eigenvalue weighted by molar-refractivity contribution is 7.17. The van der Waals surface area contributed by atoms with Gasteiger partial charge in [0.2, 0.25) is 0 Å². The van der Waals surface area contributed by atoms with Crippen LogP contribution < -0.4 is 5.32 Å². The van der Waals surface area contributed by atoms with E-state index in [-0.39, 0.29) is 11.7 Å². The molecule has 0 bridgehead atoms. The molecule has 0 aliphatic carbocycles. The summed E-state index contributed by atoms with van der Waals surface area (Å²) in [4.78, 5) is 13.8. The SMILES string of the molecule is O=C(Nc1ccnn1C[C@H]1CCOC1)c1ccc(-c2ccccc2F)s1. The number of halogens is 1. The van der Waals surface area contributed by atoms with Crippen LogP contribution in [0.2, 0.25) is 0 Å². The van der Waals surface area contributed by atoms with Crippen LogP contribution in [0.5, 0.6) is 0 Å². The first kappa shape index (κ1) is 16.9. The Balaban J connectivity index is 1.48. The predicted molar refractivity (Wildman–Crippen MR) is 98.8 cm³/mol. The third-order valence-electron chi connectivity index (χ3n) is 4.38. The molecule has 0 spiro atoms. The topological polar surface area (TPSA) is 56.2 Å². The smallest absolute Gasteiger partial charge is 0.266 e. The number of hydrogen-bond donors (Lipinski definition) is 1. The first-order valence-corrected chi connectivity index (χ1v) is 9.28. The second kappa shape index (κ2) is 7.39. The minimum Gasteiger partial charge on any atom is -0.381 e. The molecule has 4 rings (SSSR count). The van der Waals surface area contributed by atoms with Crippen molar-refractivity contribution in [3.8, 4) is 10.4 Å². The van der Waals surface area contributed by atoms with Crippen molar-refractivity contribution in [2.45, 2.75) is 13.0 Å². The van der Waals surface area contributed by atoms with Gasteiger partial charge in [-0.2, -0.15) is 5.10 Å². The van der Waals surface area contributed by atoms with E-state index in [1.54, 1.807) is 47.3 Å². The van der Waals surface area contributed by atoms with Crippen LogP contribution in [-0.4, -0.2) is 28.9 Å². The van der Waals surface area contributed by atoms with Crippen molar-refractivity contribution in [3.05, 3.63) is 59.4 Å². The Morgan fingerprint density at radius 3 is 3.00 bits per heavy atom. The lowest BCUT2D eigenvalue weighted by Crippen LogP contribution is -2.18. The molecule has 1 saturated heterocycles. The van der Waals surface area contributed by atoms with E-state index in [4.69, 9.17) is 4.74 Å². The van der Waals surface area contributed by atoms with Gasteiger partial charge in [0.05, 0.1) is 17.7 Å². The monoisotopic (exact) mass is 371 g/mol. The number of carbonyl (C=O) groups excluding carboxylic acids is 1. The molecule has 26 heavy (non-hydrogen) atoms. The molecule has 0 unspecified atom stereocenters. The maximum absolute atomic E-state index is 13.9. The Morgan fingerprint density at radius 2 is 2.19 bits per heavy atom. The Bertz CT molecular complexity index is 915. The second-order valence-electron chi connectivity index (χ2n) is 6.23. The minimum absolute atomic E-state index is 0.220. The summed E-state index contributed by atoms with van der Waals surface area (Å²) in [5, 5.41) is 7.19. The van der Waals surface area contributed by atoms with Crippen LogP contribution in [0.3, 0.4) is 0 Å². The van der Waals surface area contributed by atoms with Gasteiger partial charge in [-0.25, -0.2) is 9.07 Å². The second-order valence-corrected chi connectivity index (χ2v) is 7.31. The average molecular weight is 371 g/mol. The van der Waals surface area contributed by atoms with Crippen LogP contribution in [0.15, 0.2) is 48.7 Å². The third kappa shape index (κ3) is 3.54. The van der Waals surface area contributed by atoms with Crippen LogP contribution >= 0.6 is 11.3 Å². The highest BCUT2D eigenvalue weighted by Gasteiger charge is 2.19. The van der Waals surface area contributed by atoms with Crippen LogP contribution in [0.4, 0.5) is 10.2 Å². The molecule has 2 aromatic heterocycles. The molecule has 0 radical (unpaired) electrons. The largest absolute Gasteiger partial charge is 0.381 e. The van der Waals surface area contributed by atoms with Crippen molar-refractivity contribution in [3.63, 3.8) is 0 Å². The van der Waals surface area contributed by atoms with E-state index >= 15 is 0 Å². The number of carbonyl (C=O) groups is 1. The molecule has 3 heterocycles. The van der Waals surface area contributed by atoms with Crippen LogP contribution in [0.25, 0.3) is 10.4 Å². The fourth-order valence-corrected chi connectivity index (χ4v) is 3.93. The van der Waals surface area contributed by atoms with E-state index in [1.165, 1.54) is 17.4 Å². The molecule has 5 nitrogen and oxygen atoms in total. The van der Waals surface area contributed by atoms with Crippen molar-refractivity contribution in [1.82, 2.24) is 9.78 Å². The van der Waals surface area contributed by atoms with E-state index in [2.05, 4.69) is 10.4 Å². The maximum atomic E-state index is 13.9. The van der Waals surface area contributed by atoms with Gasteiger partial charge in [0.1, 0.15) is 11.6 Å². The van der Waals surface area contributed by atoms with E-state index in [0.717, 1.165) is 24.5 Å². The number of rotatable bonds is 5. The summed E-state index contributed by atoms with van der Waals surface area (Å²) in [5.41, 5.74) is 0.503. The number of aromatic nitrogens is 2. The first-order valence-electron chi connectivity index (χ1n) is 8.46. The molecule has 0 saturated carbocycles. The number of nitrogens with zero attached hydrogens (tertiary/aromatic N) is 2. The summed E-state index contributed by atoms with van der Waals surface area (Å²) in [5.74, 6) is 0.558. The summed E-state index contributed by atoms with van der Waals surface area (Å²) in [6, 6.07) is 11.8. The minimum atomic E-state index is -0.293. The van der Waals surface area contributed by atoms with E-state index in [9.17, 15) is 9.18 Å². The summed E-state index contributed by atoms with van der Waals surface area (Å²) in [6.07, 6.45) is 2.68. The molecule has 1 N–H and O–H groups in total. The molecule has 1 aromatic carbocycles. The Morgan fingerprint density at radius 1 is 1.31 bits per heavy atom. The lowest BCUT2D eigenvalue weighted by atomic mass is 10.1. The van der Waals surface area contributed by atoms with Gasteiger partial charge >= 0.3 is 0 Å².